The molecule has 3 aliphatic heterocycles. The second-order valence-electron chi connectivity index (χ2n) is 6.70. The van der Waals surface area contributed by atoms with E-state index in [4.69, 9.17) is 0 Å². The van der Waals surface area contributed by atoms with Crippen molar-refractivity contribution in [2.24, 2.45) is 5.41 Å². The fourth-order valence-electron chi connectivity index (χ4n) is 4.06. The fourth-order valence-corrected chi connectivity index (χ4v) is 4.06. The Morgan fingerprint density at radius 2 is 2.05 bits per heavy atom. The van der Waals surface area contributed by atoms with Crippen LogP contribution in [0.5, 0.6) is 0 Å². The van der Waals surface area contributed by atoms with Gasteiger partial charge in [-0.3, -0.25) is 4.79 Å². The number of fused-ring (bicyclic) bond motifs is 1. The zero-order valence-corrected chi connectivity index (χ0v) is 12.0. The van der Waals surface area contributed by atoms with Crippen molar-refractivity contribution in [2.75, 3.05) is 45.1 Å². The molecule has 2 fully saturated rings. The summed E-state index contributed by atoms with van der Waals surface area (Å²) < 4.78 is 0. The van der Waals surface area contributed by atoms with E-state index in [9.17, 15) is 4.79 Å². The van der Waals surface area contributed by atoms with Crippen LogP contribution in [0.1, 0.15) is 22.3 Å². The van der Waals surface area contributed by atoms with Crippen LogP contribution in [0.4, 0.5) is 5.69 Å². The summed E-state index contributed by atoms with van der Waals surface area (Å²) in [5.74, 6) is 0.205. The molecule has 4 nitrogen and oxygen atoms in total. The van der Waals surface area contributed by atoms with Crippen LogP contribution in [-0.2, 0) is 6.42 Å². The number of aryl methyl sites for hydroxylation is 1. The molecule has 0 aliphatic carbocycles. The quantitative estimate of drug-likeness (QED) is 0.839. The first-order valence-electron chi connectivity index (χ1n) is 7.51. The Labute approximate surface area is 119 Å². The number of para-hydroxylation sites is 1. The van der Waals surface area contributed by atoms with Crippen LogP contribution < -0.4 is 5.32 Å². The molecule has 0 aromatic heterocycles. The SMILES string of the molecule is CN1CC2(C1)CN(C(=O)c1cccc3c1NCCC3)C2. The minimum absolute atomic E-state index is 0.205. The minimum atomic E-state index is 0.205. The number of carbonyl (C=O) groups excluding carboxylic acids is 1. The molecule has 0 bridgehead atoms. The first-order chi connectivity index (χ1) is 9.67. The Morgan fingerprint density at radius 1 is 1.25 bits per heavy atom. The lowest BCUT2D eigenvalue weighted by Crippen LogP contribution is -2.72. The van der Waals surface area contributed by atoms with Gasteiger partial charge >= 0.3 is 0 Å². The standard InChI is InChI=1S/C16H21N3O/c1-18-8-16(9-18)10-19(11-16)15(20)13-6-2-4-12-5-3-7-17-14(12)13/h2,4,6,17H,3,5,7-11H2,1H3. The van der Waals surface area contributed by atoms with Crippen LogP contribution in [0.25, 0.3) is 0 Å². The summed E-state index contributed by atoms with van der Waals surface area (Å²) in [5, 5.41) is 3.42. The van der Waals surface area contributed by atoms with Crippen molar-refractivity contribution in [3.63, 3.8) is 0 Å². The predicted molar refractivity (Wildman–Crippen MR) is 79.1 cm³/mol. The molecule has 4 heteroatoms. The Kier molecular flexibility index (Phi) is 2.58. The highest BCUT2D eigenvalue weighted by Crippen LogP contribution is 2.40. The van der Waals surface area contributed by atoms with Crippen molar-refractivity contribution in [3.05, 3.63) is 29.3 Å². The molecule has 3 aliphatic rings. The maximum Gasteiger partial charge on any atom is 0.256 e. The van der Waals surface area contributed by atoms with Crippen LogP contribution in [0.15, 0.2) is 18.2 Å². The maximum atomic E-state index is 12.7. The van der Waals surface area contributed by atoms with Gasteiger partial charge in [0.25, 0.3) is 5.91 Å². The number of nitrogens with one attached hydrogen (secondary N) is 1. The third-order valence-electron chi connectivity index (χ3n) is 4.86. The molecule has 1 aromatic carbocycles. The van der Waals surface area contributed by atoms with Crippen LogP contribution in [-0.4, -0.2) is 55.5 Å². The molecule has 1 N–H and O–H groups in total. The molecule has 0 atom stereocenters. The van der Waals surface area contributed by atoms with Crippen molar-refractivity contribution >= 4 is 11.6 Å². The second-order valence-corrected chi connectivity index (χ2v) is 6.70. The van der Waals surface area contributed by atoms with E-state index in [0.717, 1.165) is 56.8 Å². The number of benzene rings is 1. The van der Waals surface area contributed by atoms with Crippen molar-refractivity contribution in [1.29, 1.82) is 0 Å². The zero-order chi connectivity index (χ0) is 13.7. The zero-order valence-electron chi connectivity index (χ0n) is 12.0. The summed E-state index contributed by atoms with van der Waals surface area (Å²) in [7, 11) is 2.15. The van der Waals surface area contributed by atoms with E-state index in [1.165, 1.54) is 5.56 Å². The van der Waals surface area contributed by atoms with Crippen LogP contribution in [0.3, 0.4) is 0 Å². The Hall–Kier alpha value is -1.55. The van der Waals surface area contributed by atoms with Crippen LogP contribution in [0, 0.1) is 5.41 Å². The lowest BCUT2D eigenvalue weighted by Gasteiger charge is -2.59. The van der Waals surface area contributed by atoms with E-state index in [1.807, 2.05) is 17.0 Å². The van der Waals surface area contributed by atoms with Gasteiger partial charge in [0.1, 0.15) is 0 Å². The lowest BCUT2D eigenvalue weighted by molar-refractivity contribution is -0.0871. The number of rotatable bonds is 1. The Balaban J connectivity index is 1.52. The summed E-state index contributed by atoms with van der Waals surface area (Å²) in [6, 6.07) is 6.12. The highest BCUT2D eigenvalue weighted by molar-refractivity contribution is 6.01. The highest BCUT2D eigenvalue weighted by atomic mass is 16.2. The van der Waals surface area contributed by atoms with Gasteiger partial charge < -0.3 is 15.1 Å². The minimum Gasteiger partial charge on any atom is -0.384 e. The number of hydrogen-bond donors (Lipinski definition) is 1. The second kappa shape index (κ2) is 4.22. The summed E-state index contributed by atoms with van der Waals surface area (Å²) in [6.45, 7) is 5.12. The van der Waals surface area contributed by atoms with Gasteiger partial charge in [-0.05, 0) is 31.5 Å². The number of anilines is 1. The van der Waals surface area contributed by atoms with Gasteiger partial charge in [-0.25, -0.2) is 0 Å². The van der Waals surface area contributed by atoms with Gasteiger partial charge in [0.15, 0.2) is 0 Å². The normalized spacial score (nSPS) is 23.6. The van der Waals surface area contributed by atoms with E-state index >= 15 is 0 Å². The summed E-state index contributed by atoms with van der Waals surface area (Å²) in [5.41, 5.74) is 3.65. The fraction of sp³-hybridized carbons (Fsp3) is 0.562. The van der Waals surface area contributed by atoms with Gasteiger partial charge in [0.2, 0.25) is 0 Å². The molecule has 1 amide bonds. The average Bonchev–Trinajstić information content (AvgIpc) is 2.40. The lowest BCUT2D eigenvalue weighted by atomic mass is 9.73. The topological polar surface area (TPSA) is 35.6 Å². The van der Waals surface area contributed by atoms with Gasteiger partial charge in [0, 0.05) is 38.1 Å². The number of hydrogen-bond acceptors (Lipinski definition) is 3. The summed E-state index contributed by atoms with van der Waals surface area (Å²) in [4.78, 5) is 17.0. The first-order valence-corrected chi connectivity index (χ1v) is 7.51. The predicted octanol–water partition coefficient (Wildman–Crippen LogP) is 1.43. The molecule has 0 unspecified atom stereocenters. The summed E-state index contributed by atoms with van der Waals surface area (Å²) >= 11 is 0. The number of carbonyl (C=O) groups is 1. The van der Waals surface area contributed by atoms with Crippen LogP contribution >= 0.6 is 0 Å². The largest absolute Gasteiger partial charge is 0.384 e. The Morgan fingerprint density at radius 3 is 2.80 bits per heavy atom. The van der Waals surface area contributed by atoms with Gasteiger partial charge in [-0.15, -0.1) is 0 Å². The molecule has 1 aromatic rings. The molecule has 4 rings (SSSR count). The molecule has 0 saturated carbocycles. The average molecular weight is 271 g/mol. The molecule has 2 saturated heterocycles. The molecule has 1 spiro atoms. The smallest absolute Gasteiger partial charge is 0.256 e. The highest BCUT2D eigenvalue weighted by Gasteiger charge is 2.52. The molecule has 106 valence electrons. The van der Waals surface area contributed by atoms with E-state index in [2.05, 4.69) is 23.3 Å². The molecule has 3 heterocycles. The van der Waals surface area contributed by atoms with Gasteiger partial charge in [0.05, 0.1) is 11.3 Å². The molecular weight excluding hydrogens is 250 g/mol. The Bertz CT molecular complexity index is 555. The van der Waals surface area contributed by atoms with Gasteiger partial charge in [-0.2, -0.15) is 0 Å². The third kappa shape index (κ3) is 1.74. The van der Waals surface area contributed by atoms with Crippen molar-refractivity contribution in [2.45, 2.75) is 12.8 Å². The monoisotopic (exact) mass is 271 g/mol. The molecule has 20 heavy (non-hydrogen) atoms. The van der Waals surface area contributed by atoms with Crippen molar-refractivity contribution < 1.29 is 4.79 Å². The number of amides is 1. The number of nitrogens with zero attached hydrogens (tertiary/aromatic N) is 2. The summed E-state index contributed by atoms with van der Waals surface area (Å²) in [6.07, 6.45) is 2.24. The van der Waals surface area contributed by atoms with Crippen molar-refractivity contribution in [3.8, 4) is 0 Å². The van der Waals surface area contributed by atoms with E-state index in [-0.39, 0.29) is 5.91 Å². The maximum absolute atomic E-state index is 12.7. The van der Waals surface area contributed by atoms with E-state index in [0.29, 0.717) is 5.41 Å². The van der Waals surface area contributed by atoms with E-state index in [1.54, 1.807) is 0 Å². The van der Waals surface area contributed by atoms with Gasteiger partial charge in [-0.1, -0.05) is 12.1 Å². The molecule has 0 radical (unpaired) electrons. The first kappa shape index (κ1) is 12.2. The van der Waals surface area contributed by atoms with E-state index < -0.39 is 0 Å². The molecular formula is C16H21N3O. The van der Waals surface area contributed by atoms with Crippen LogP contribution in [0.2, 0.25) is 0 Å². The third-order valence-corrected chi connectivity index (χ3v) is 4.86. The number of likely N-dealkylation sites (tertiary alicyclic amines) is 2. The van der Waals surface area contributed by atoms with Crippen molar-refractivity contribution in [1.82, 2.24) is 9.80 Å².